The highest BCUT2D eigenvalue weighted by molar-refractivity contribution is 5.47. The number of phenols is 1. The van der Waals surface area contributed by atoms with Crippen molar-refractivity contribution < 1.29 is 26.7 Å². The van der Waals surface area contributed by atoms with Gasteiger partial charge in [0.1, 0.15) is 12.3 Å². The largest absolute Gasteiger partial charge is 1.00 e. The van der Waals surface area contributed by atoms with Gasteiger partial charge in [-0.1, -0.05) is 31.0 Å². The number of aryl methyl sites for hydroxylation is 1. The molecular formula is C21H30ClN3O2. The molecule has 0 aliphatic rings. The van der Waals surface area contributed by atoms with Gasteiger partial charge in [0, 0.05) is 0 Å². The van der Waals surface area contributed by atoms with Crippen LogP contribution in [0, 0.1) is 6.92 Å². The van der Waals surface area contributed by atoms with E-state index in [1.54, 1.807) is 12.1 Å². The molecule has 0 aliphatic carbocycles. The van der Waals surface area contributed by atoms with E-state index in [9.17, 15) is 5.11 Å². The second-order valence-electron chi connectivity index (χ2n) is 7.33. The molecule has 0 spiro atoms. The van der Waals surface area contributed by atoms with Crippen LogP contribution in [-0.4, -0.2) is 37.0 Å². The lowest BCUT2D eigenvalue weighted by atomic mass is 10.1. The molecule has 0 radical (unpaired) electrons. The fraction of sp³-hybridized carbons (Fsp3) is 0.429. The van der Waals surface area contributed by atoms with E-state index >= 15 is 0 Å². The van der Waals surface area contributed by atoms with Gasteiger partial charge >= 0.3 is 0 Å². The predicted octanol–water partition coefficient (Wildman–Crippen LogP) is 2.47. The monoisotopic (exact) mass is 391 g/mol. The van der Waals surface area contributed by atoms with Gasteiger partial charge in [0.25, 0.3) is 0 Å². The van der Waals surface area contributed by atoms with Crippen molar-refractivity contribution in [2.45, 2.75) is 33.2 Å². The number of halogens is 1. The molecular weight excluding hydrogens is 362 g/mol. The first-order chi connectivity index (χ1) is 12.4. The van der Waals surface area contributed by atoms with Gasteiger partial charge in [-0.05, 0) is 43.7 Å². The normalized spacial score (nSPS) is 11.6. The summed E-state index contributed by atoms with van der Waals surface area (Å²) in [6, 6.07) is 13.2. The van der Waals surface area contributed by atoms with E-state index in [1.807, 2.05) is 37.3 Å². The van der Waals surface area contributed by atoms with Gasteiger partial charge in [0.2, 0.25) is 0 Å². The molecule has 0 fully saturated rings. The van der Waals surface area contributed by atoms with Crippen LogP contribution in [0.4, 0.5) is 11.4 Å². The number of aromatic hydroxyl groups is 1. The molecule has 2 aromatic carbocycles. The minimum atomic E-state index is 0. The zero-order valence-electron chi connectivity index (χ0n) is 16.7. The number of benzene rings is 2. The van der Waals surface area contributed by atoms with Crippen LogP contribution in [0.25, 0.3) is 0 Å². The first-order valence-electron chi connectivity index (χ1n) is 9.10. The van der Waals surface area contributed by atoms with Crippen LogP contribution < -0.4 is 12.4 Å². The Kier molecular flexibility index (Phi) is 9.43. The molecule has 0 saturated carbocycles. The van der Waals surface area contributed by atoms with Crippen molar-refractivity contribution >= 4 is 11.4 Å². The topological polar surface area (TPSA) is 54.2 Å². The zero-order valence-corrected chi connectivity index (χ0v) is 17.4. The van der Waals surface area contributed by atoms with Gasteiger partial charge in [0.05, 0.1) is 37.6 Å². The quantitative estimate of drug-likeness (QED) is 0.309. The summed E-state index contributed by atoms with van der Waals surface area (Å²) in [6.07, 6.45) is 2.20. The third-order valence-corrected chi connectivity index (χ3v) is 4.06. The number of phenolic OH excluding ortho intramolecular Hbond substituents is 1. The molecule has 1 N–H and O–H groups in total. The van der Waals surface area contributed by atoms with Crippen molar-refractivity contribution in [1.82, 2.24) is 0 Å². The van der Waals surface area contributed by atoms with Crippen molar-refractivity contribution in [3.05, 3.63) is 53.6 Å². The average Bonchev–Trinajstić information content (AvgIpc) is 2.60. The van der Waals surface area contributed by atoms with E-state index in [-0.39, 0.29) is 18.2 Å². The highest BCUT2D eigenvalue weighted by Crippen LogP contribution is 2.27. The van der Waals surface area contributed by atoms with Gasteiger partial charge in [-0.3, -0.25) is 0 Å². The Hall–Kier alpha value is -1.95. The number of hydrogen-bond acceptors (Lipinski definition) is 4. The number of unbranched alkanes of at least 4 members (excludes halogenated alkanes) is 1. The van der Waals surface area contributed by atoms with Gasteiger partial charge in [0.15, 0.2) is 6.73 Å². The standard InChI is InChI=1S/C21H29N3O2.ClH/c1-5-6-13-26-16-24(3,4)15-18-14-20(11-12-21(18)25)23-22-19-9-7-17(2)8-10-19;/h7-12,14H,5-6,13,15-16H2,1-4H3;1H. The average molecular weight is 392 g/mol. The van der Waals surface area contributed by atoms with Crippen LogP contribution in [0.3, 0.4) is 0 Å². The minimum Gasteiger partial charge on any atom is -1.00 e. The highest BCUT2D eigenvalue weighted by Gasteiger charge is 2.18. The summed E-state index contributed by atoms with van der Waals surface area (Å²) >= 11 is 0. The molecule has 0 saturated heterocycles. The van der Waals surface area contributed by atoms with Crippen LogP contribution >= 0.6 is 0 Å². The maximum Gasteiger partial charge on any atom is 0.182 e. The van der Waals surface area contributed by atoms with E-state index in [2.05, 4.69) is 31.2 Å². The summed E-state index contributed by atoms with van der Waals surface area (Å²) < 4.78 is 6.38. The molecule has 6 heteroatoms. The first-order valence-corrected chi connectivity index (χ1v) is 9.10. The molecule has 0 atom stereocenters. The number of ether oxygens (including phenoxy) is 1. The molecule has 2 aromatic rings. The van der Waals surface area contributed by atoms with Gasteiger partial charge in [-0.15, -0.1) is 0 Å². The predicted molar refractivity (Wildman–Crippen MR) is 105 cm³/mol. The SMILES string of the molecule is CCCCOC[N+](C)(C)Cc1cc(N=Nc2ccc(C)cc2)ccc1O.[Cl-]. The molecule has 5 nitrogen and oxygen atoms in total. The Morgan fingerprint density at radius 3 is 2.30 bits per heavy atom. The van der Waals surface area contributed by atoms with Crippen LogP contribution in [0.15, 0.2) is 52.7 Å². The molecule has 2 rings (SSSR count). The number of hydrogen-bond donors (Lipinski definition) is 1. The highest BCUT2D eigenvalue weighted by atomic mass is 35.5. The second kappa shape index (κ2) is 11.0. The summed E-state index contributed by atoms with van der Waals surface area (Å²) in [5.74, 6) is 0.277. The third kappa shape index (κ3) is 8.08. The fourth-order valence-electron chi connectivity index (χ4n) is 2.55. The maximum absolute atomic E-state index is 10.2. The maximum atomic E-state index is 10.2. The zero-order chi connectivity index (χ0) is 19.0. The van der Waals surface area contributed by atoms with Crippen LogP contribution in [0.1, 0.15) is 30.9 Å². The van der Waals surface area contributed by atoms with Crippen molar-refractivity contribution in [2.24, 2.45) is 10.2 Å². The molecule has 0 aromatic heterocycles. The van der Waals surface area contributed by atoms with Crippen molar-refractivity contribution in [1.29, 1.82) is 0 Å². The molecule has 0 amide bonds. The molecule has 27 heavy (non-hydrogen) atoms. The number of quaternary nitrogens is 1. The lowest BCUT2D eigenvalue weighted by molar-refractivity contribution is -0.922. The Morgan fingerprint density at radius 1 is 1.00 bits per heavy atom. The van der Waals surface area contributed by atoms with Crippen LogP contribution in [0.5, 0.6) is 5.75 Å². The summed E-state index contributed by atoms with van der Waals surface area (Å²) in [6.45, 7) is 6.23. The van der Waals surface area contributed by atoms with E-state index in [4.69, 9.17) is 4.74 Å². The molecule has 148 valence electrons. The van der Waals surface area contributed by atoms with Gasteiger partial charge < -0.3 is 26.7 Å². The van der Waals surface area contributed by atoms with Crippen molar-refractivity contribution in [3.63, 3.8) is 0 Å². The minimum absolute atomic E-state index is 0. The van der Waals surface area contributed by atoms with Crippen LogP contribution in [-0.2, 0) is 11.3 Å². The molecule has 0 bridgehead atoms. The van der Waals surface area contributed by atoms with E-state index in [1.165, 1.54) is 5.56 Å². The first kappa shape index (κ1) is 23.1. The van der Waals surface area contributed by atoms with E-state index in [0.717, 1.165) is 36.4 Å². The molecule has 0 aliphatic heterocycles. The summed E-state index contributed by atoms with van der Waals surface area (Å²) in [5, 5.41) is 18.8. The van der Waals surface area contributed by atoms with Crippen molar-refractivity contribution in [2.75, 3.05) is 27.4 Å². The lowest BCUT2D eigenvalue weighted by Crippen LogP contribution is -3.00. The summed E-state index contributed by atoms with van der Waals surface area (Å²) in [5.41, 5.74) is 3.57. The second-order valence-corrected chi connectivity index (χ2v) is 7.33. The number of azo groups is 1. The summed E-state index contributed by atoms with van der Waals surface area (Å²) in [7, 11) is 4.18. The summed E-state index contributed by atoms with van der Waals surface area (Å²) in [4.78, 5) is 0. The Labute approximate surface area is 168 Å². The van der Waals surface area contributed by atoms with Crippen molar-refractivity contribution in [3.8, 4) is 5.75 Å². The Morgan fingerprint density at radius 2 is 1.63 bits per heavy atom. The van der Waals surface area contributed by atoms with Gasteiger partial charge in [-0.25, -0.2) is 0 Å². The number of nitrogens with zero attached hydrogens (tertiary/aromatic N) is 3. The van der Waals surface area contributed by atoms with Gasteiger partial charge in [-0.2, -0.15) is 10.2 Å². The smallest absolute Gasteiger partial charge is 0.182 e. The van der Waals surface area contributed by atoms with E-state index < -0.39 is 0 Å². The molecule has 0 unspecified atom stereocenters. The third-order valence-electron chi connectivity index (χ3n) is 4.06. The number of rotatable bonds is 9. The van der Waals surface area contributed by atoms with Crippen LogP contribution in [0.2, 0.25) is 0 Å². The lowest BCUT2D eigenvalue weighted by Gasteiger charge is -2.29. The van der Waals surface area contributed by atoms with E-state index in [0.29, 0.717) is 17.8 Å². The Bertz CT molecular complexity index is 731. The Balaban J connectivity index is 0.00000364. The fourth-order valence-corrected chi connectivity index (χ4v) is 2.55. The molecule has 0 heterocycles.